The number of aromatic nitrogens is 3. The number of pyridine rings is 1. The van der Waals surface area contributed by atoms with Crippen molar-refractivity contribution < 1.29 is 32.6 Å². The number of carboxylic acids is 1. The number of carbonyl (C=O) groups excluding carboxylic acids is 1. The highest BCUT2D eigenvalue weighted by atomic mass is 32.2. The number of amides is 2. The average Bonchev–Trinajstić information content (AvgIpc) is 2.60. The van der Waals surface area contributed by atoms with E-state index in [1.807, 2.05) is 0 Å². The summed E-state index contributed by atoms with van der Waals surface area (Å²) in [5.41, 5.74) is -0.591. The monoisotopic (exact) mass is 383 g/mol. The maximum Gasteiger partial charge on any atom is 0.338 e. The molecule has 26 heavy (non-hydrogen) atoms. The largest absolute Gasteiger partial charge is 0.481 e. The summed E-state index contributed by atoms with van der Waals surface area (Å²) >= 11 is 0. The lowest BCUT2D eigenvalue weighted by atomic mass is 10.3. The summed E-state index contributed by atoms with van der Waals surface area (Å²) in [6.45, 7) is 0. The van der Waals surface area contributed by atoms with Crippen LogP contribution in [0.25, 0.3) is 0 Å². The summed E-state index contributed by atoms with van der Waals surface area (Å²) in [5.74, 6) is -1.69. The number of hydrogen-bond acceptors (Lipinski definition) is 9. The quantitative estimate of drug-likeness (QED) is 0.621. The van der Waals surface area contributed by atoms with Crippen LogP contribution in [-0.4, -0.2) is 54.7 Å². The highest BCUT2D eigenvalue weighted by Gasteiger charge is 2.26. The summed E-state index contributed by atoms with van der Waals surface area (Å²) < 4.78 is 35.8. The number of nitrogens with one attached hydrogen (secondary N) is 2. The maximum atomic E-state index is 12.2. The third kappa shape index (κ3) is 4.32. The van der Waals surface area contributed by atoms with E-state index in [0.717, 1.165) is 12.3 Å². The molecule has 138 valence electrons. The first-order chi connectivity index (χ1) is 12.3. The van der Waals surface area contributed by atoms with E-state index in [-0.39, 0.29) is 17.7 Å². The van der Waals surface area contributed by atoms with Crippen molar-refractivity contribution in [2.75, 3.05) is 19.5 Å². The van der Waals surface area contributed by atoms with Crippen molar-refractivity contribution in [3.8, 4) is 11.8 Å². The summed E-state index contributed by atoms with van der Waals surface area (Å²) in [6.07, 6.45) is 1.08. The van der Waals surface area contributed by atoms with E-state index in [2.05, 4.69) is 20.3 Å². The number of carboxylic acid groups (broad SMARTS) is 1. The standard InChI is InChI=1S/C13H13N5O7S/c1-24-8-6-9(25-2)16-12(15-8)17-13(21)18-26(22,23)10-7(11(19)20)4-3-5-14-10/h3-6H,1-2H3,(H,19,20)(H2,15,16,17,18,21). The van der Waals surface area contributed by atoms with E-state index < -0.39 is 32.6 Å². The lowest BCUT2D eigenvalue weighted by Crippen LogP contribution is -2.36. The van der Waals surface area contributed by atoms with Gasteiger partial charge in [-0.3, -0.25) is 5.32 Å². The normalized spacial score (nSPS) is 10.7. The Bertz CT molecular complexity index is 925. The predicted molar refractivity (Wildman–Crippen MR) is 85.7 cm³/mol. The SMILES string of the molecule is COc1cc(OC)nc(NC(=O)NS(=O)(=O)c2ncccc2C(=O)O)n1. The van der Waals surface area contributed by atoms with Gasteiger partial charge in [0.2, 0.25) is 17.7 Å². The van der Waals surface area contributed by atoms with E-state index in [4.69, 9.17) is 14.6 Å². The van der Waals surface area contributed by atoms with E-state index in [1.54, 1.807) is 4.72 Å². The Morgan fingerprint density at radius 3 is 2.31 bits per heavy atom. The zero-order valence-electron chi connectivity index (χ0n) is 13.5. The molecule has 0 unspecified atom stereocenters. The number of aromatic carboxylic acids is 1. The maximum absolute atomic E-state index is 12.2. The van der Waals surface area contributed by atoms with Crippen molar-refractivity contribution in [3.05, 3.63) is 30.0 Å². The molecule has 2 aromatic heterocycles. The van der Waals surface area contributed by atoms with Crippen molar-refractivity contribution in [2.24, 2.45) is 0 Å². The Hall–Kier alpha value is -3.48. The van der Waals surface area contributed by atoms with Crippen LogP contribution in [0.1, 0.15) is 10.4 Å². The molecule has 2 aromatic rings. The lowest BCUT2D eigenvalue weighted by molar-refractivity contribution is 0.0691. The number of hydrogen-bond donors (Lipinski definition) is 3. The molecule has 0 saturated heterocycles. The van der Waals surface area contributed by atoms with Crippen molar-refractivity contribution >= 4 is 28.0 Å². The number of anilines is 1. The minimum atomic E-state index is -4.56. The summed E-state index contributed by atoms with van der Waals surface area (Å²) in [7, 11) is -1.91. The number of carbonyl (C=O) groups is 2. The van der Waals surface area contributed by atoms with Gasteiger partial charge in [-0.2, -0.15) is 18.4 Å². The summed E-state index contributed by atoms with van der Waals surface area (Å²) in [5, 5.41) is 10.3. The van der Waals surface area contributed by atoms with Gasteiger partial charge in [-0.15, -0.1) is 0 Å². The molecule has 0 aliphatic rings. The molecule has 0 aliphatic heterocycles. The van der Waals surface area contributed by atoms with Crippen molar-refractivity contribution in [3.63, 3.8) is 0 Å². The fourth-order valence-electron chi connectivity index (χ4n) is 1.73. The Balaban J connectivity index is 2.23. The first-order valence-corrected chi connectivity index (χ1v) is 8.24. The molecule has 13 heteroatoms. The van der Waals surface area contributed by atoms with Gasteiger partial charge in [-0.1, -0.05) is 0 Å². The zero-order valence-corrected chi connectivity index (χ0v) is 14.3. The number of rotatable bonds is 6. The van der Waals surface area contributed by atoms with Crippen molar-refractivity contribution in [1.82, 2.24) is 19.7 Å². The molecule has 0 aliphatic carbocycles. The van der Waals surface area contributed by atoms with E-state index >= 15 is 0 Å². The van der Waals surface area contributed by atoms with E-state index in [9.17, 15) is 18.0 Å². The molecular formula is C13H13N5O7S. The summed E-state index contributed by atoms with van der Waals surface area (Å²) in [4.78, 5) is 34.2. The molecule has 0 bridgehead atoms. The topological polar surface area (TPSA) is 170 Å². The third-order valence-corrected chi connectivity index (χ3v) is 4.09. The van der Waals surface area contributed by atoms with Crippen LogP contribution in [0.4, 0.5) is 10.7 Å². The van der Waals surface area contributed by atoms with Crippen LogP contribution in [-0.2, 0) is 10.0 Å². The molecule has 0 fully saturated rings. The number of ether oxygens (including phenoxy) is 2. The molecular weight excluding hydrogens is 370 g/mol. The van der Waals surface area contributed by atoms with Crippen LogP contribution in [0.3, 0.4) is 0 Å². The van der Waals surface area contributed by atoms with Gasteiger partial charge in [-0.05, 0) is 12.1 Å². The Labute approximate surface area is 147 Å². The molecule has 0 atom stereocenters. The minimum Gasteiger partial charge on any atom is -0.481 e. The van der Waals surface area contributed by atoms with Gasteiger partial charge in [0.1, 0.15) is 0 Å². The van der Waals surface area contributed by atoms with Crippen molar-refractivity contribution in [2.45, 2.75) is 5.03 Å². The number of urea groups is 1. The molecule has 2 amide bonds. The fourth-order valence-corrected chi connectivity index (χ4v) is 2.77. The van der Waals surface area contributed by atoms with Crippen LogP contribution in [0.5, 0.6) is 11.8 Å². The molecule has 0 saturated carbocycles. The molecule has 2 heterocycles. The second-order valence-electron chi connectivity index (χ2n) is 4.50. The predicted octanol–water partition coefficient (Wildman–Crippen LogP) is 0.0974. The first-order valence-electron chi connectivity index (χ1n) is 6.76. The lowest BCUT2D eigenvalue weighted by Gasteiger charge is -2.10. The first kappa shape index (κ1) is 18.9. The number of nitrogens with zero attached hydrogens (tertiary/aromatic N) is 3. The smallest absolute Gasteiger partial charge is 0.338 e. The Kier molecular flexibility index (Phi) is 5.51. The van der Waals surface area contributed by atoms with Gasteiger partial charge in [0.25, 0.3) is 10.0 Å². The second-order valence-corrected chi connectivity index (χ2v) is 6.09. The van der Waals surface area contributed by atoms with Gasteiger partial charge >= 0.3 is 12.0 Å². The molecule has 0 radical (unpaired) electrons. The summed E-state index contributed by atoms with van der Waals surface area (Å²) in [6, 6.07) is 2.39. The molecule has 0 spiro atoms. The molecule has 2 rings (SSSR count). The van der Waals surface area contributed by atoms with Crippen LogP contribution in [0, 0.1) is 0 Å². The number of methoxy groups -OCH3 is 2. The third-order valence-electron chi connectivity index (χ3n) is 2.81. The highest BCUT2D eigenvalue weighted by molar-refractivity contribution is 7.90. The Morgan fingerprint density at radius 2 is 1.77 bits per heavy atom. The van der Waals surface area contributed by atoms with Gasteiger partial charge in [0, 0.05) is 6.20 Å². The zero-order chi connectivity index (χ0) is 19.3. The van der Waals surface area contributed by atoms with E-state index in [0.29, 0.717) is 0 Å². The van der Waals surface area contributed by atoms with Gasteiger partial charge < -0.3 is 14.6 Å². The van der Waals surface area contributed by atoms with Crippen LogP contribution >= 0.6 is 0 Å². The number of sulfonamides is 1. The van der Waals surface area contributed by atoms with Crippen LogP contribution in [0.15, 0.2) is 29.4 Å². The van der Waals surface area contributed by atoms with Crippen LogP contribution < -0.4 is 19.5 Å². The highest BCUT2D eigenvalue weighted by Crippen LogP contribution is 2.17. The van der Waals surface area contributed by atoms with Crippen LogP contribution in [0.2, 0.25) is 0 Å². The average molecular weight is 383 g/mol. The fraction of sp³-hybridized carbons (Fsp3) is 0.154. The van der Waals surface area contributed by atoms with Gasteiger partial charge in [0.05, 0.1) is 25.8 Å². The van der Waals surface area contributed by atoms with Crippen molar-refractivity contribution in [1.29, 1.82) is 0 Å². The Morgan fingerprint density at radius 1 is 1.15 bits per heavy atom. The van der Waals surface area contributed by atoms with Gasteiger partial charge in [-0.25, -0.2) is 19.3 Å². The van der Waals surface area contributed by atoms with E-state index in [1.165, 1.54) is 26.4 Å². The minimum absolute atomic E-state index is 0.0629. The molecule has 12 nitrogen and oxygen atoms in total. The van der Waals surface area contributed by atoms with Gasteiger partial charge in [0.15, 0.2) is 5.03 Å². The molecule has 0 aromatic carbocycles. The second kappa shape index (κ2) is 7.60. The molecule has 3 N–H and O–H groups in total.